The van der Waals surface area contributed by atoms with Gasteiger partial charge in [-0.15, -0.1) is 0 Å². The highest BCUT2D eigenvalue weighted by atomic mass is 16.5. The lowest BCUT2D eigenvalue weighted by Gasteiger charge is -2.07. The van der Waals surface area contributed by atoms with Crippen LogP contribution in [-0.4, -0.2) is 22.1 Å². The Bertz CT molecular complexity index is 834. The number of aromatic nitrogens is 2. The van der Waals surface area contributed by atoms with E-state index in [2.05, 4.69) is 28.6 Å². The molecule has 0 unspecified atom stereocenters. The van der Waals surface area contributed by atoms with E-state index in [-0.39, 0.29) is 5.97 Å². The molecular formula is C17H18N2O2. The fraction of sp³-hybridized carbons (Fsp3) is 0.294. The Kier molecular flexibility index (Phi) is 3.37. The molecule has 0 N–H and O–H groups in total. The highest BCUT2D eigenvalue weighted by Gasteiger charge is 2.17. The first-order chi connectivity index (χ1) is 10.2. The smallest absolute Gasteiger partial charge is 0.356 e. The maximum Gasteiger partial charge on any atom is 0.356 e. The van der Waals surface area contributed by atoms with Gasteiger partial charge in [-0.05, 0) is 32.9 Å². The number of fused-ring (bicyclic) bond motifs is 3. The summed E-state index contributed by atoms with van der Waals surface area (Å²) in [7, 11) is 0. The predicted octanol–water partition coefficient (Wildman–Crippen LogP) is 3.69. The number of pyridine rings is 1. The average molecular weight is 282 g/mol. The molecule has 0 aliphatic rings. The van der Waals surface area contributed by atoms with Crippen molar-refractivity contribution >= 4 is 27.8 Å². The summed E-state index contributed by atoms with van der Waals surface area (Å²) in [5.41, 5.74) is 3.49. The molecule has 0 aliphatic carbocycles. The molecule has 21 heavy (non-hydrogen) atoms. The van der Waals surface area contributed by atoms with Gasteiger partial charge in [0.2, 0.25) is 0 Å². The number of nitrogens with zero attached hydrogens (tertiary/aromatic N) is 2. The number of carbonyl (C=O) groups is 1. The van der Waals surface area contributed by atoms with E-state index in [1.807, 2.05) is 25.1 Å². The van der Waals surface area contributed by atoms with E-state index in [4.69, 9.17) is 4.74 Å². The molecule has 0 atom stereocenters. The van der Waals surface area contributed by atoms with E-state index in [1.54, 1.807) is 6.92 Å². The van der Waals surface area contributed by atoms with Gasteiger partial charge in [0.15, 0.2) is 0 Å². The van der Waals surface area contributed by atoms with E-state index < -0.39 is 0 Å². The number of para-hydroxylation sites is 1. The molecule has 2 heterocycles. The van der Waals surface area contributed by atoms with Crippen LogP contribution in [0, 0.1) is 6.92 Å². The van der Waals surface area contributed by atoms with Gasteiger partial charge in [-0.2, -0.15) is 0 Å². The van der Waals surface area contributed by atoms with Crippen LogP contribution in [0.5, 0.6) is 0 Å². The molecule has 0 fully saturated rings. The first-order valence-corrected chi connectivity index (χ1v) is 7.23. The first-order valence-electron chi connectivity index (χ1n) is 7.23. The van der Waals surface area contributed by atoms with Crippen molar-refractivity contribution in [2.45, 2.75) is 27.3 Å². The number of benzene rings is 1. The van der Waals surface area contributed by atoms with Crippen molar-refractivity contribution in [2.75, 3.05) is 6.61 Å². The van der Waals surface area contributed by atoms with E-state index in [0.717, 1.165) is 28.5 Å². The first kappa shape index (κ1) is 13.6. The Morgan fingerprint density at radius 1 is 1.24 bits per heavy atom. The topological polar surface area (TPSA) is 44.1 Å². The molecule has 3 aromatic rings. The van der Waals surface area contributed by atoms with Gasteiger partial charge in [-0.1, -0.05) is 18.2 Å². The van der Waals surface area contributed by atoms with Gasteiger partial charge >= 0.3 is 5.97 Å². The molecule has 3 rings (SSSR count). The van der Waals surface area contributed by atoms with Crippen molar-refractivity contribution in [1.29, 1.82) is 0 Å². The van der Waals surface area contributed by atoms with Crippen LogP contribution >= 0.6 is 0 Å². The number of carbonyl (C=O) groups excluding carboxylic acids is 1. The number of aryl methyl sites for hydroxylation is 2. The van der Waals surface area contributed by atoms with Crippen LogP contribution in [0.15, 0.2) is 30.3 Å². The van der Waals surface area contributed by atoms with E-state index >= 15 is 0 Å². The molecule has 2 aromatic heterocycles. The molecular weight excluding hydrogens is 264 g/mol. The van der Waals surface area contributed by atoms with Gasteiger partial charge in [0.1, 0.15) is 5.69 Å². The molecule has 0 aliphatic heterocycles. The largest absolute Gasteiger partial charge is 0.461 e. The summed E-state index contributed by atoms with van der Waals surface area (Å²) in [5, 5.41) is 2.20. The second kappa shape index (κ2) is 5.20. The van der Waals surface area contributed by atoms with Crippen molar-refractivity contribution in [3.8, 4) is 0 Å². The van der Waals surface area contributed by atoms with Crippen LogP contribution in [-0.2, 0) is 11.3 Å². The van der Waals surface area contributed by atoms with Gasteiger partial charge in [0.05, 0.1) is 17.8 Å². The minimum absolute atomic E-state index is 0.355. The lowest BCUT2D eigenvalue weighted by Crippen LogP contribution is -2.08. The van der Waals surface area contributed by atoms with Gasteiger partial charge in [0.25, 0.3) is 0 Å². The summed E-state index contributed by atoms with van der Waals surface area (Å²) < 4.78 is 7.31. The summed E-state index contributed by atoms with van der Waals surface area (Å²) >= 11 is 0. The van der Waals surface area contributed by atoms with Crippen LogP contribution < -0.4 is 0 Å². The number of esters is 1. The number of ether oxygens (including phenoxy) is 1. The van der Waals surface area contributed by atoms with E-state index in [0.29, 0.717) is 12.3 Å². The highest BCUT2D eigenvalue weighted by Crippen LogP contribution is 2.31. The van der Waals surface area contributed by atoms with Crippen LogP contribution in [0.3, 0.4) is 0 Å². The maximum absolute atomic E-state index is 12.0. The summed E-state index contributed by atoms with van der Waals surface area (Å²) in [6, 6.07) is 10.1. The van der Waals surface area contributed by atoms with Crippen molar-refractivity contribution in [3.05, 3.63) is 41.7 Å². The SMILES string of the molecule is CCOC(=O)c1cc2c3ccccc3n(CC)c2c(C)n1. The maximum atomic E-state index is 12.0. The minimum Gasteiger partial charge on any atom is -0.461 e. The molecule has 4 heteroatoms. The summed E-state index contributed by atoms with van der Waals surface area (Å²) in [6.07, 6.45) is 0. The molecule has 0 saturated carbocycles. The van der Waals surface area contributed by atoms with Crippen LogP contribution in [0.2, 0.25) is 0 Å². The van der Waals surface area contributed by atoms with Crippen LogP contribution in [0.25, 0.3) is 21.8 Å². The summed E-state index contributed by atoms with van der Waals surface area (Å²) in [6.45, 7) is 7.08. The third kappa shape index (κ3) is 2.07. The number of hydrogen-bond acceptors (Lipinski definition) is 3. The average Bonchev–Trinajstić information content (AvgIpc) is 2.82. The molecule has 0 saturated heterocycles. The Morgan fingerprint density at radius 2 is 2.00 bits per heavy atom. The molecule has 0 spiro atoms. The van der Waals surface area contributed by atoms with Crippen molar-refractivity contribution in [2.24, 2.45) is 0 Å². The van der Waals surface area contributed by atoms with E-state index in [9.17, 15) is 4.79 Å². The Labute approximate surface area is 123 Å². The summed E-state index contributed by atoms with van der Waals surface area (Å²) in [4.78, 5) is 16.4. The molecule has 4 nitrogen and oxygen atoms in total. The second-order valence-corrected chi connectivity index (χ2v) is 4.97. The highest BCUT2D eigenvalue weighted by molar-refractivity contribution is 6.10. The number of hydrogen-bond donors (Lipinski definition) is 0. The van der Waals surface area contributed by atoms with Crippen LogP contribution in [0.4, 0.5) is 0 Å². The third-order valence-electron chi connectivity index (χ3n) is 3.72. The molecule has 0 radical (unpaired) electrons. The molecule has 0 amide bonds. The lowest BCUT2D eigenvalue weighted by molar-refractivity contribution is 0.0519. The molecule has 108 valence electrons. The Hall–Kier alpha value is -2.36. The van der Waals surface area contributed by atoms with Crippen LogP contribution in [0.1, 0.15) is 30.0 Å². The number of rotatable bonds is 3. The van der Waals surface area contributed by atoms with Crippen molar-refractivity contribution in [3.63, 3.8) is 0 Å². The quantitative estimate of drug-likeness (QED) is 0.688. The zero-order valence-corrected chi connectivity index (χ0v) is 12.5. The van der Waals surface area contributed by atoms with E-state index in [1.165, 1.54) is 5.52 Å². The van der Waals surface area contributed by atoms with Gasteiger partial charge in [-0.25, -0.2) is 9.78 Å². The van der Waals surface area contributed by atoms with Crippen molar-refractivity contribution < 1.29 is 9.53 Å². The standard InChI is InChI=1S/C17H18N2O2/c1-4-19-15-9-7-6-8-12(15)13-10-14(17(20)21-5-2)18-11(3)16(13)19/h6-10H,4-5H2,1-3H3. The Morgan fingerprint density at radius 3 is 2.71 bits per heavy atom. The fourth-order valence-electron chi connectivity index (χ4n) is 2.91. The lowest BCUT2D eigenvalue weighted by atomic mass is 10.1. The fourth-order valence-corrected chi connectivity index (χ4v) is 2.91. The Balaban J connectivity index is 2.36. The third-order valence-corrected chi connectivity index (χ3v) is 3.72. The summed E-state index contributed by atoms with van der Waals surface area (Å²) in [5.74, 6) is -0.365. The van der Waals surface area contributed by atoms with Gasteiger partial charge in [0, 0.05) is 22.8 Å². The zero-order valence-electron chi connectivity index (χ0n) is 12.5. The molecule has 0 bridgehead atoms. The minimum atomic E-state index is -0.365. The monoisotopic (exact) mass is 282 g/mol. The second-order valence-electron chi connectivity index (χ2n) is 4.97. The van der Waals surface area contributed by atoms with Crippen molar-refractivity contribution in [1.82, 2.24) is 9.55 Å². The zero-order chi connectivity index (χ0) is 15.0. The van der Waals surface area contributed by atoms with Gasteiger partial charge < -0.3 is 9.30 Å². The molecule has 1 aromatic carbocycles. The predicted molar refractivity (Wildman–Crippen MR) is 83.6 cm³/mol. The van der Waals surface area contributed by atoms with Gasteiger partial charge in [-0.3, -0.25) is 0 Å². The normalized spacial score (nSPS) is 11.2.